The minimum atomic E-state index is -0.517. The normalized spacial score (nSPS) is 15.8. The Morgan fingerprint density at radius 2 is 1.88 bits per heavy atom. The van der Waals surface area contributed by atoms with Crippen LogP contribution in [-0.4, -0.2) is 31.5 Å². The average molecular weight is 324 g/mol. The van der Waals surface area contributed by atoms with Crippen LogP contribution in [0.1, 0.15) is 22.8 Å². The maximum absolute atomic E-state index is 13.0. The standard InChI is InChI=1S/C19H20N2O3/c1-3-20-18(22)17-12-14-6-4-5-7-16(14)21(17)19(23)13-8-10-15(24-2)11-9-13/h4-11,17H,3,12H2,1-2H3,(H,20,22). The number of amides is 2. The fourth-order valence-corrected chi connectivity index (χ4v) is 3.01. The average Bonchev–Trinajstić information content (AvgIpc) is 3.01. The summed E-state index contributed by atoms with van der Waals surface area (Å²) in [7, 11) is 1.58. The number of nitrogens with one attached hydrogen (secondary N) is 1. The van der Waals surface area contributed by atoms with Crippen LogP contribution in [0.2, 0.25) is 0 Å². The molecule has 1 aliphatic heterocycles. The number of fused-ring (bicyclic) bond motifs is 1. The molecular formula is C19H20N2O3. The van der Waals surface area contributed by atoms with Crippen molar-refractivity contribution in [3.05, 3.63) is 59.7 Å². The van der Waals surface area contributed by atoms with E-state index in [0.29, 0.717) is 24.3 Å². The summed E-state index contributed by atoms with van der Waals surface area (Å²) >= 11 is 0. The maximum atomic E-state index is 13.0. The molecule has 1 aliphatic rings. The number of hydrogen-bond acceptors (Lipinski definition) is 3. The van der Waals surface area contributed by atoms with E-state index in [9.17, 15) is 9.59 Å². The molecule has 1 N–H and O–H groups in total. The molecule has 0 spiro atoms. The third kappa shape index (κ3) is 2.85. The first-order valence-electron chi connectivity index (χ1n) is 7.99. The van der Waals surface area contributed by atoms with Gasteiger partial charge in [-0.1, -0.05) is 18.2 Å². The molecule has 0 saturated carbocycles. The Morgan fingerprint density at radius 1 is 1.17 bits per heavy atom. The first-order chi connectivity index (χ1) is 11.7. The van der Waals surface area contributed by atoms with Crippen molar-refractivity contribution in [3.63, 3.8) is 0 Å². The molecule has 124 valence electrons. The van der Waals surface area contributed by atoms with Gasteiger partial charge in [-0.05, 0) is 42.8 Å². The smallest absolute Gasteiger partial charge is 0.259 e. The maximum Gasteiger partial charge on any atom is 0.259 e. The third-order valence-electron chi connectivity index (χ3n) is 4.19. The lowest BCUT2D eigenvalue weighted by Gasteiger charge is -2.25. The number of anilines is 1. The van der Waals surface area contributed by atoms with E-state index in [4.69, 9.17) is 4.74 Å². The molecule has 5 heteroatoms. The number of carbonyl (C=O) groups excluding carboxylic acids is 2. The lowest BCUT2D eigenvalue weighted by molar-refractivity contribution is -0.122. The third-order valence-corrected chi connectivity index (χ3v) is 4.19. The molecule has 2 aromatic rings. The van der Waals surface area contributed by atoms with E-state index in [1.165, 1.54) is 0 Å². The summed E-state index contributed by atoms with van der Waals surface area (Å²) in [6, 6.07) is 14.1. The van der Waals surface area contributed by atoms with Crippen molar-refractivity contribution in [1.29, 1.82) is 0 Å². The Labute approximate surface area is 141 Å². The van der Waals surface area contributed by atoms with Crippen LogP contribution in [0.25, 0.3) is 0 Å². The van der Waals surface area contributed by atoms with Crippen LogP contribution >= 0.6 is 0 Å². The molecule has 0 bridgehead atoms. The quantitative estimate of drug-likeness (QED) is 0.939. The van der Waals surface area contributed by atoms with Crippen molar-refractivity contribution in [2.75, 3.05) is 18.6 Å². The van der Waals surface area contributed by atoms with Gasteiger partial charge in [-0.25, -0.2) is 0 Å². The lowest BCUT2D eigenvalue weighted by atomic mass is 10.1. The van der Waals surface area contributed by atoms with Crippen molar-refractivity contribution < 1.29 is 14.3 Å². The number of nitrogens with zero attached hydrogens (tertiary/aromatic N) is 1. The van der Waals surface area contributed by atoms with Gasteiger partial charge in [0.05, 0.1) is 7.11 Å². The molecule has 2 aromatic carbocycles. The Kier molecular flexibility index (Phi) is 4.51. The fourth-order valence-electron chi connectivity index (χ4n) is 3.01. The van der Waals surface area contributed by atoms with Crippen LogP contribution in [0.4, 0.5) is 5.69 Å². The molecule has 0 radical (unpaired) electrons. The van der Waals surface area contributed by atoms with Gasteiger partial charge >= 0.3 is 0 Å². The van der Waals surface area contributed by atoms with Crippen LogP contribution in [-0.2, 0) is 11.2 Å². The van der Waals surface area contributed by atoms with Crippen LogP contribution in [0.15, 0.2) is 48.5 Å². The van der Waals surface area contributed by atoms with Gasteiger partial charge in [-0.3, -0.25) is 14.5 Å². The van der Waals surface area contributed by atoms with Gasteiger partial charge in [0.1, 0.15) is 11.8 Å². The number of rotatable bonds is 4. The van der Waals surface area contributed by atoms with E-state index in [0.717, 1.165) is 11.3 Å². The van der Waals surface area contributed by atoms with Crippen LogP contribution in [0.5, 0.6) is 5.75 Å². The van der Waals surface area contributed by atoms with Crippen LogP contribution in [0.3, 0.4) is 0 Å². The summed E-state index contributed by atoms with van der Waals surface area (Å²) in [4.78, 5) is 27.1. The summed E-state index contributed by atoms with van der Waals surface area (Å²) in [6.45, 7) is 2.41. The molecular weight excluding hydrogens is 304 g/mol. The highest BCUT2D eigenvalue weighted by Gasteiger charge is 2.38. The predicted molar refractivity (Wildman–Crippen MR) is 92.4 cm³/mol. The highest BCUT2D eigenvalue weighted by Crippen LogP contribution is 2.33. The SMILES string of the molecule is CCNC(=O)C1Cc2ccccc2N1C(=O)c1ccc(OC)cc1. The summed E-state index contributed by atoms with van der Waals surface area (Å²) in [5.74, 6) is 0.378. The molecule has 24 heavy (non-hydrogen) atoms. The highest BCUT2D eigenvalue weighted by molar-refractivity contribution is 6.11. The largest absolute Gasteiger partial charge is 0.497 e. The van der Waals surface area contributed by atoms with E-state index < -0.39 is 6.04 Å². The Hall–Kier alpha value is -2.82. The molecule has 3 rings (SSSR count). The monoisotopic (exact) mass is 324 g/mol. The number of ether oxygens (including phenoxy) is 1. The zero-order chi connectivity index (χ0) is 17.1. The number of benzene rings is 2. The van der Waals surface area contributed by atoms with Crippen molar-refractivity contribution in [3.8, 4) is 5.75 Å². The second kappa shape index (κ2) is 6.74. The minimum Gasteiger partial charge on any atom is -0.497 e. The zero-order valence-electron chi connectivity index (χ0n) is 13.8. The molecule has 1 heterocycles. The number of methoxy groups -OCH3 is 1. The second-order valence-corrected chi connectivity index (χ2v) is 5.65. The highest BCUT2D eigenvalue weighted by atomic mass is 16.5. The van der Waals surface area contributed by atoms with Crippen LogP contribution in [0, 0.1) is 0 Å². The topological polar surface area (TPSA) is 58.6 Å². The summed E-state index contributed by atoms with van der Waals surface area (Å²) in [5, 5.41) is 2.82. The molecule has 2 amide bonds. The number of carbonyl (C=O) groups is 2. The van der Waals surface area contributed by atoms with Gasteiger partial charge in [-0.15, -0.1) is 0 Å². The molecule has 0 aromatic heterocycles. The van der Waals surface area contributed by atoms with Crippen molar-refractivity contribution in [1.82, 2.24) is 5.32 Å². The first-order valence-corrected chi connectivity index (χ1v) is 7.99. The van der Waals surface area contributed by atoms with Gasteiger partial charge in [-0.2, -0.15) is 0 Å². The lowest BCUT2D eigenvalue weighted by Crippen LogP contribution is -2.48. The van der Waals surface area contributed by atoms with Crippen molar-refractivity contribution >= 4 is 17.5 Å². The van der Waals surface area contributed by atoms with Gasteiger partial charge in [0, 0.05) is 24.2 Å². The van der Waals surface area contributed by atoms with E-state index in [-0.39, 0.29) is 11.8 Å². The van der Waals surface area contributed by atoms with E-state index in [1.807, 2.05) is 31.2 Å². The van der Waals surface area contributed by atoms with E-state index >= 15 is 0 Å². The van der Waals surface area contributed by atoms with Gasteiger partial charge in [0.15, 0.2) is 0 Å². The molecule has 0 fully saturated rings. The zero-order valence-corrected chi connectivity index (χ0v) is 13.8. The van der Waals surface area contributed by atoms with E-state index in [2.05, 4.69) is 5.32 Å². The number of hydrogen-bond donors (Lipinski definition) is 1. The van der Waals surface area contributed by atoms with E-state index in [1.54, 1.807) is 36.3 Å². The van der Waals surface area contributed by atoms with Crippen molar-refractivity contribution in [2.45, 2.75) is 19.4 Å². The van der Waals surface area contributed by atoms with Crippen molar-refractivity contribution in [2.24, 2.45) is 0 Å². The van der Waals surface area contributed by atoms with Gasteiger partial charge < -0.3 is 10.1 Å². The Balaban J connectivity index is 1.96. The second-order valence-electron chi connectivity index (χ2n) is 5.65. The number of para-hydroxylation sites is 1. The first kappa shape index (κ1) is 16.1. The van der Waals surface area contributed by atoms with Crippen LogP contribution < -0.4 is 15.0 Å². The fraction of sp³-hybridized carbons (Fsp3) is 0.263. The van der Waals surface area contributed by atoms with Gasteiger partial charge in [0.2, 0.25) is 5.91 Å². The predicted octanol–water partition coefficient (Wildman–Crippen LogP) is 2.40. The minimum absolute atomic E-state index is 0.129. The summed E-state index contributed by atoms with van der Waals surface area (Å²) < 4.78 is 5.13. The molecule has 5 nitrogen and oxygen atoms in total. The number of likely N-dealkylation sites (N-methyl/N-ethyl adjacent to an activating group) is 1. The Bertz CT molecular complexity index is 755. The van der Waals surface area contributed by atoms with Gasteiger partial charge in [0.25, 0.3) is 5.91 Å². The summed E-state index contributed by atoms with van der Waals surface area (Å²) in [6.07, 6.45) is 0.532. The Morgan fingerprint density at radius 3 is 2.54 bits per heavy atom. The molecule has 0 aliphatic carbocycles. The summed E-state index contributed by atoms with van der Waals surface area (Å²) in [5.41, 5.74) is 2.34. The molecule has 1 unspecified atom stereocenters. The molecule has 0 saturated heterocycles. The molecule has 1 atom stereocenters.